The van der Waals surface area contributed by atoms with Crippen LogP contribution in [0.1, 0.15) is 34.1 Å². The molecule has 1 aliphatic heterocycles. The van der Waals surface area contributed by atoms with E-state index in [-0.39, 0.29) is 17.9 Å². The highest BCUT2D eigenvalue weighted by molar-refractivity contribution is 6.46. The van der Waals surface area contributed by atoms with Gasteiger partial charge in [-0.3, -0.25) is 9.59 Å². The molecule has 7 nitrogen and oxygen atoms in total. The summed E-state index contributed by atoms with van der Waals surface area (Å²) < 4.78 is 17.0. The van der Waals surface area contributed by atoms with Crippen molar-refractivity contribution in [3.63, 3.8) is 0 Å². The van der Waals surface area contributed by atoms with Crippen molar-refractivity contribution in [3.8, 4) is 11.5 Å². The maximum atomic E-state index is 13.3. The summed E-state index contributed by atoms with van der Waals surface area (Å²) in [6.07, 6.45) is 3.15. The number of aliphatic hydroxyl groups is 1. The van der Waals surface area contributed by atoms with Crippen molar-refractivity contribution in [1.29, 1.82) is 0 Å². The quantitative estimate of drug-likeness (QED) is 0.110. The third-order valence-corrected chi connectivity index (χ3v) is 6.79. The van der Waals surface area contributed by atoms with Crippen LogP contribution in [0.4, 0.5) is 0 Å². The standard InChI is InChI=1S/C33H29NO6/c1-3-18-38-26-14-10-23(11-15-26)30-29(32(36)33(37)34(30)20-28-9-6-19-39-28)31(35)24-12-16-27(17-13-24)40-21-25-8-5-4-7-22(25)2/h3-17,19,30,35H,1,18,20-21H2,2H3/b31-29+. The molecule has 0 bridgehead atoms. The van der Waals surface area contributed by atoms with E-state index in [4.69, 9.17) is 13.9 Å². The van der Waals surface area contributed by atoms with Gasteiger partial charge in [-0.05, 0) is 72.1 Å². The van der Waals surface area contributed by atoms with Crippen LogP contribution in [0.3, 0.4) is 0 Å². The second-order valence-corrected chi connectivity index (χ2v) is 9.41. The minimum Gasteiger partial charge on any atom is -0.507 e. The largest absolute Gasteiger partial charge is 0.507 e. The number of aliphatic hydroxyl groups excluding tert-OH is 1. The van der Waals surface area contributed by atoms with E-state index in [0.29, 0.717) is 41.6 Å². The smallest absolute Gasteiger partial charge is 0.296 e. The number of nitrogens with zero attached hydrogens (tertiary/aromatic N) is 1. The SMILES string of the molecule is C=CCOc1ccc(C2/C(=C(\O)c3ccc(OCc4ccccc4C)cc3)C(=O)C(=O)N2Cc2ccco2)cc1. The molecule has 4 aromatic rings. The van der Waals surface area contributed by atoms with E-state index in [1.165, 1.54) is 11.2 Å². The van der Waals surface area contributed by atoms with E-state index in [0.717, 1.165) is 11.1 Å². The van der Waals surface area contributed by atoms with Crippen molar-refractivity contribution in [2.75, 3.05) is 6.61 Å². The summed E-state index contributed by atoms with van der Waals surface area (Å²) in [7, 11) is 0. The first-order valence-electron chi connectivity index (χ1n) is 12.9. The third-order valence-electron chi connectivity index (χ3n) is 6.79. The summed E-state index contributed by atoms with van der Waals surface area (Å²) in [6.45, 7) is 6.50. The Kier molecular flexibility index (Phi) is 7.82. The maximum Gasteiger partial charge on any atom is 0.296 e. The normalized spacial score (nSPS) is 16.2. The van der Waals surface area contributed by atoms with E-state index in [1.54, 1.807) is 66.7 Å². The number of likely N-dealkylation sites (tertiary alicyclic amines) is 1. The number of Topliss-reactive ketones (excluding diaryl/α,β-unsaturated/α-hetero) is 1. The van der Waals surface area contributed by atoms with E-state index >= 15 is 0 Å². The molecule has 1 unspecified atom stereocenters. The van der Waals surface area contributed by atoms with Gasteiger partial charge < -0.3 is 23.9 Å². The maximum absolute atomic E-state index is 13.3. The molecule has 1 aliphatic rings. The lowest BCUT2D eigenvalue weighted by Gasteiger charge is -2.24. The van der Waals surface area contributed by atoms with E-state index in [2.05, 4.69) is 6.58 Å². The van der Waals surface area contributed by atoms with Crippen LogP contribution in [0.5, 0.6) is 11.5 Å². The molecule has 202 valence electrons. The zero-order valence-corrected chi connectivity index (χ0v) is 22.1. The molecular formula is C33H29NO6. The van der Waals surface area contributed by atoms with Crippen molar-refractivity contribution < 1.29 is 28.6 Å². The number of benzene rings is 3. The average molecular weight is 536 g/mol. The number of hydrogen-bond donors (Lipinski definition) is 1. The van der Waals surface area contributed by atoms with Crippen molar-refractivity contribution in [3.05, 3.63) is 137 Å². The molecular weight excluding hydrogens is 506 g/mol. The fraction of sp³-hybridized carbons (Fsp3) is 0.152. The number of ketones is 1. The second-order valence-electron chi connectivity index (χ2n) is 9.41. The minimum absolute atomic E-state index is 0.00453. The molecule has 1 amide bonds. The van der Waals surface area contributed by atoms with Gasteiger partial charge in [0.05, 0.1) is 24.4 Å². The van der Waals surface area contributed by atoms with Gasteiger partial charge in [0.1, 0.15) is 36.2 Å². The Morgan fingerprint density at radius 2 is 1.65 bits per heavy atom. The molecule has 2 heterocycles. The molecule has 1 aromatic heterocycles. The van der Waals surface area contributed by atoms with Crippen molar-refractivity contribution in [1.82, 2.24) is 4.90 Å². The molecule has 7 heteroatoms. The van der Waals surface area contributed by atoms with Gasteiger partial charge in [-0.25, -0.2) is 0 Å². The molecule has 1 atom stereocenters. The van der Waals surface area contributed by atoms with Crippen LogP contribution in [0.25, 0.3) is 5.76 Å². The Labute approximate surface area is 232 Å². The van der Waals surface area contributed by atoms with Gasteiger partial charge >= 0.3 is 0 Å². The molecule has 40 heavy (non-hydrogen) atoms. The molecule has 1 fully saturated rings. The minimum atomic E-state index is -0.824. The highest BCUT2D eigenvalue weighted by atomic mass is 16.5. The Morgan fingerprint density at radius 1 is 0.950 bits per heavy atom. The number of rotatable bonds is 10. The Balaban J connectivity index is 1.46. The van der Waals surface area contributed by atoms with Crippen LogP contribution in [-0.2, 0) is 22.7 Å². The van der Waals surface area contributed by atoms with Gasteiger partial charge in [0.25, 0.3) is 11.7 Å². The summed E-state index contributed by atoms with van der Waals surface area (Å²) in [5, 5.41) is 11.4. The first-order chi connectivity index (χ1) is 19.5. The lowest BCUT2D eigenvalue weighted by Crippen LogP contribution is -2.29. The number of amides is 1. The van der Waals surface area contributed by atoms with Gasteiger partial charge in [0.2, 0.25) is 0 Å². The third kappa shape index (κ3) is 5.54. The van der Waals surface area contributed by atoms with Crippen LogP contribution < -0.4 is 9.47 Å². The predicted molar refractivity (Wildman–Crippen MR) is 151 cm³/mol. The summed E-state index contributed by atoms with van der Waals surface area (Å²) in [5.74, 6) is 0.0161. The monoisotopic (exact) mass is 535 g/mol. The van der Waals surface area contributed by atoms with Crippen molar-refractivity contribution in [2.45, 2.75) is 26.1 Å². The van der Waals surface area contributed by atoms with Crippen LogP contribution in [0, 0.1) is 6.92 Å². The molecule has 3 aromatic carbocycles. The predicted octanol–water partition coefficient (Wildman–Crippen LogP) is 6.35. The molecule has 1 saturated heterocycles. The van der Waals surface area contributed by atoms with E-state index < -0.39 is 17.7 Å². The molecule has 0 spiro atoms. The summed E-state index contributed by atoms with van der Waals surface area (Å²) in [4.78, 5) is 27.9. The molecule has 0 aliphatic carbocycles. The molecule has 5 rings (SSSR count). The Bertz CT molecular complexity index is 1530. The van der Waals surface area contributed by atoms with Gasteiger partial charge in [0, 0.05) is 5.56 Å². The first-order valence-corrected chi connectivity index (χ1v) is 12.9. The molecule has 1 N–H and O–H groups in total. The van der Waals surface area contributed by atoms with Gasteiger partial charge in [-0.15, -0.1) is 0 Å². The Hall–Kier alpha value is -5.04. The fourth-order valence-corrected chi connectivity index (χ4v) is 4.66. The van der Waals surface area contributed by atoms with E-state index in [9.17, 15) is 14.7 Å². The van der Waals surface area contributed by atoms with Crippen molar-refractivity contribution >= 4 is 17.4 Å². The first kappa shape index (κ1) is 26.6. The zero-order valence-electron chi connectivity index (χ0n) is 22.1. The second kappa shape index (κ2) is 11.8. The summed E-state index contributed by atoms with van der Waals surface area (Å²) >= 11 is 0. The lowest BCUT2D eigenvalue weighted by molar-refractivity contribution is -0.140. The number of hydrogen-bond acceptors (Lipinski definition) is 6. The van der Waals surface area contributed by atoms with Gasteiger partial charge in [-0.2, -0.15) is 0 Å². The number of carbonyl (C=O) groups is 2. The molecule has 0 saturated carbocycles. The number of ether oxygens (including phenoxy) is 2. The highest BCUT2D eigenvalue weighted by Crippen LogP contribution is 2.41. The summed E-state index contributed by atoms with van der Waals surface area (Å²) in [5.41, 5.74) is 3.26. The zero-order chi connectivity index (χ0) is 28.1. The lowest BCUT2D eigenvalue weighted by atomic mass is 9.95. The number of carbonyl (C=O) groups excluding carboxylic acids is 2. The number of furan rings is 1. The van der Waals surface area contributed by atoms with Gasteiger partial charge in [-0.1, -0.05) is 49.1 Å². The Morgan fingerprint density at radius 3 is 2.33 bits per heavy atom. The van der Waals surface area contributed by atoms with Gasteiger partial charge in [0.15, 0.2) is 0 Å². The molecule has 0 radical (unpaired) electrons. The average Bonchev–Trinajstić information content (AvgIpc) is 3.58. The van der Waals surface area contributed by atoms with Crippen LogP contribution in [-0.4, -0.2) is 28.3 Å². The summed E-state index contributed by atoms with van der Waals surface area (Å²) in [6, 6.07) is 24.5. The topological polar surface area (TPSA) is 89.2 Å². The van der Waals surface area contributed by atoms with Crippen LogP contribution in [0.2, 0.25) is 0 Å². The van der Waals surface area contributed by atoms with Crippen molar-refractivity contribution in [2.24, 2.45) is 0 Å². The fourth-order valence-electron chi connectivity index (χ4n) is 4.66. The number of aryl methyl sites for hydroxylation is 1. The highest BCUT2D eigenvalue weighted by Gasteiger charge is 2.46. The van der Waals surface area contributed by atoms with Crippen LogP contribution in [0.15, 0.2) is 114 Å². The van der Waals surface area contributed by atoms with E-state index in [1.807, 2.05) is 31.2 Å². The van der Waals surface area contributed by atoms with Crippen LogP contribution >= 0.6 is 0 Å².